The molecule has 0 saturated carbocycles. The molecule has 36 valence electrons. The molecule has 0 atom stereocenters. The first-order valence-corrected chi connectivity index (χ1v) is 1.19. The summed E-state index contributed by atoms with van der Waals surface area (Å²) in [5.74, 6) is 0. The molecule has 0 spiro atoms. The van der Waals surface area contributed by atoms with Crippen LogP contribution in [0.25, 0.3) is 0 Å². The van der Waals surface area contributed by atoms with Gasteiger partial charge < -0.3 is 16.9 Å². The zero-order valence-corrected chi connectivity index (χ0v) is 3.38. The number of thiocarbonyl (C=S) groups is 1. The van der Waals surface area contributed by atoms with Crippen molar-refractivity contribution in [2.45, 2.75) is 0 Å². The minimum atomic E-state index is 0. The van der Waals surface area contributed by atoms with Crippen LogP contribution in [0.2, 0.25) is 0 Å². The topological polar surface area (TPSA) is 83.5 Å². The fourth-order valence-corrected chi connectivity index (χ4v) is 0. The Morgan fingerprint density at radius 1 is 1.33 bits per heavy atom. The van der Waals surface area contributed by atoms with E-state index in [-0.39, 0.29) is 59.5 Å². The normalized spacial score (nSPS) is 4.00. The van der Waals surface area contributed by atoms with Gasteiger partial charge in [0.25, 0.3) is 0 Å². The number of hydrogen-bond donors (Lipinski definition) is 2. The summed E-state index contributed by atoms with van der Waals surface area (Å²) in [5, 5.41) is 0.000000000000000222. The zero-order chi connectivity index (χ0) is 3.58. The van der Waals surface area contributed by atoms with Gasteiger partial charge in [-0.25, -0.2) is 0 Å². The van der Waals surface area contributed by atoms with E-state index in [0.29, 0.717) is 0 Å². The fraction of sp³-hybridized carbons (Fsp3) is 0. The molecule has 3 nitrogen and oxygen atoms in total. The molecule has 0 bridgehead atoms. The summed E-state index contributed by atoms with van der Waals surface area (Å²) >= 11 is 4.09. The summed E-state index contributed by atoms with van der Waals surface area (Å²) in [4.78, 5) is 0. The molecule has 0 aliphatic heterocycles. The third-order valence-electron chi connectivity index (χ3n) is 0. The molecule has 0 rings (SSSR count). The van der Waals surface area contributed by atoms with Crippen molar-refractivity contribution in [2.75, 3.05) is 0 Å². The van der Waals surface area contributed by atoms with E-state index in [1.165, 1.54) is 0 Å². The summed E-state index contributed by atoms with van der Waals surface area (Å²) in [6.45, 7) is 0. The van der Waals surface area contributed by atoms with E-state index in [1.807, 2.05) is 0 Å². The van der Waals surface area contributed by atoms with E-state index in [0.717, 1.165) is 0 Å². The van der Waals surface area contributed by atoms with Gasteiger partial charge >= 0.3 is 48.9 Å². The predicted octanol–water partition coefficient (Wildman–Crippen LogP) is -2.55. The van der Waals surface area contributed by atoms with Gasteiger partial charge in [0.2, 0.25) is 0 Å². The van der Waals surface area contributed by atoms with Gasteiger partial charge in [0.1, 0.15) is 0 Å². The molecule has 0 aromatic heterocycles. The van der Waals surface area contributed by atoms with Gasteiger partial charge in [0.05, 0.1) is 0 Å². The first kappa shape index (κ1) is 15.7. The Morgan fingerprint density at radius 3 is 1.33 bits per heavy atom. The molecule has 5 heteroatoms. The second-order valence-electron chi connectivity index (χ2n) is 0.402. The summed E-state index contributed by atoms with van der Waals surface area (Å²) in [5.41, 5.74) is 9.24. The van der Waals surface area contributed by atoms with Gasteiger partial charge in [0, 0.05) is 0 Å². The van der Waals surface area contributed by atoms with Crippen molar-refractivity contribution < 1.29 is 5.48 Å². The molecule has 0 aromatic carbocycles. The second kappa shape index (κ2) is 9.52. The zero-order valence-electron chi connectivity index (χ0n) is 2.56. The summed E-state index contributed by atoms with van der Waals surface area (Å²) in [7, 11) is 0. The molecule has 0 saturated heterocycles. The van der Waals surface area contributed by atoms with E-state index in [9.17, 15) is 0 Å². The van der Waals surface area contributed by atoms with E-state index >= 15 is 0 Å². The van der Waals surface area contributed by atoms with E-state index < -0.39 is 0 Å². The SMILES string of the molecule is NC(N)=S.O.[BaH2]. The molecule has 0 unspecified atom stereocenters. The van der Waals surface area contributed by atoms with E-state index in [4.69, 9.17) is 0 Å². The molecule has 6 N–H and O–H groups in total. The molecule has 0 heterocycles. The van der Waals surface area contributed by atoms with Crippen molar-refractivity contribution in [2.24, 2.45) is 11.5 Å². The number of hydrogen-bond acceptors (Lipinski definition) is 1. The van der Waals surface area contributed by atoms with Crippen LogP contribution in [-0.2, 0) is 0 Å². The maximum atomic E-state index is 4.62. The molecule has 0 fully saturated rings. The third kappa shape index (κ3) is 62.4. The first-order valence-electron chi connectivity index (χ1n) is 0.781. The Balaban J connectivity index is -0.0000000450. The Kier molecular flexibility index (Phi) is 24.9. The quantitative estimate of drug-likeness (QED) is 0.357. The fourth-order valence-electron chi connectivity index (χ4n) is 0. The van der Waals surface area contributed by atoms with Crippen molar-refractivity contribution >= 4 is 66.2 Å². The Labute approximate surface area is 81.8 Å². The third-order valence-corrected chi connectivity index (χ3v) is 0. The number of rotatable bonds is 0. The Bertz CT molecular complexity index is 36.5. The second-order valence-corrected chi connectivity index (χ2v) is 0.874. The van der Waals surface area contributed by atoms with Crippen LogP contribution in [-0.4, -0.2) is 59.5 Å². The van der Waals surface area contributed by atoms with E-state index in [2.05, 4.69) is 23.7 Å². The van der Waals surface area contributed by atoms with Gasteiger partial charge in [0.15, 0.2) is 5.11 Å². The van der Waals surface area contributed by atoms with Crippen LogP contribution in [0.15, 0.2) is 0 Å². The molecule has 0 radical (unpaired) electrons. The van der Waals surface area contributed by atoms with Crippen molar-refractivity contribution in [3.63, 3.8) is 0 Å². The number of nitrogens with two attached hydrogens (primary N) is 2. The molecule has 0 aliphatic carbocycles. The average Bonchev–Trinajstić information content (AvgIpc) is 0.811. The van der Waals surface area contributed by atoms with Gasteiger partial charge in [-0.3, -0.25) is 0 Å². The van der Waals surface area contributed by atoms with Crippen LogP contribution < -0.4 is 11.5 Å². The van der Waals surface area contributed by atoms with Crippen LogP contribution in [0.4, 0.5) is 0 Å². The van der Waals surface area contributed by atoms with Crippen molar-refractivity contribution in [3.05, 3.63) is 0 Å². The van der Waals surface area contributed by atoms with E-state index in [1.54, 1.807) is 0 Å². The molecule has 0 aromatic rings. The standard InChI is InChI=1S/CH4N2S.Ba.H2O.2H/c2-1(3)4;;;;/h(H4,2,3,4);;1H2;;. The maximum absolute atomic E-state index is 4.62. The van der Waals surface area contributed by atoms with Gasteiger partial charge in [-0.2, -0.15) is 0 Å². The van der Waals surface area contributed by atoms with Crippen molar-refractivity contribution in [3.8, 4) is 0 Å². The van der Waals surface area contributed by atoms with Crippen LogP contribution in [0, 0.1) is 0 Å². The first-order chi connectivity index (χ1) is 1.73. The molecule has 6 heavy (non-hydrogen) atoms. The predicted molar refractivity (Wildman–Crippen MR) is 33.1 cm³/mol. The summed E-state index contributed by atoms with van der Waals surface area (Å²) in [6.07, 6.45) is 0. The molecular formula is CH8BaN2OS. The summed E-state index contributed by atoms with van der Waals surface area (Å²) in [6, 6.07) is 0. The Hall–Kier alpha value is 1.22. The van der Waals surface area contributed by atoms with Gasteiger partial charge in [-0.15, -0.1) is 0 Å². The minimum absolute atomic E-state index is 0. The molecular weight excluding hydrogens is 225 g/mol. The average molecular weight is 233 g/mol. The molecule has 0 aliphatic rings. The van der Waals surface area contributed by atoms with Gasteiger partial charge in [-0.1, -0.05) is 0 Å². The van der Waals surface area contributed by atoms with Crippen LogP contribution in [0.5, 0.6) is 0 Å². The van der Waals surface area contributed by atoms with Crippen LogP contribution in [0.3, 0.4) is 0 Å². The monoisotopic (exact) mass is 234 g/mol. The Morgan fingerprint density at radius 2 is 1.33 bits per heavy atom. The van der Waals surface area contributed by atoms with Crippen molar-refractivity contribution in [1.82, 2.24) is 0 Å². The van der Waals surface area contributed by atoms with Crippen LogP contribution in [0.1, 0.15) is 0 Å². The summed E-state index contributed by atoms with van der Waals surface area (Å²) < 4.78 is 0. The van der Waals surface area contributed by atoms with Crippen LogP contribution >= 0.6 is 12.2 Å². The van der Waals surface area contributed by atoms with Crippen molar-refractivity contribution in [1.29, 1.82) is 0 Å². The van der Waals surface area contributed by atoms with Gasteiger partial charge in [-0.05, 0) is 12.2 Å². The molecule has 0 amide bonds.